The fourth-order valence-electron chi connectivity index (χ4n) is 1.83. The molecular weight excluding hydrogens is 250 g/mol. The van der Waals surface area contributed by atoms with Gasteiger partial charge in [-0.05, 0) is 13.0 Å². The molecule has 0 aromatic carbocycles. The first-order chi connectivity index (χ1) is 8.70. The van der Waals surface area contributed by atoms with Gasteiger partial charge in [-0.2, -0.15) is 0 Å². The Morgan fingerprint density at radius 2 is 2.56 bits per heavy atom. The van der Waals surface area contributed by atoms with E-state index in [0.29, 0.717) is 25.3 Å². The van der Waals surface area contributed by atoms with Crippen molar-refractivity contribution in [1.29, 1.82) is 0 Å². The topological polar surface area (TPSA) is 49.8 Å². The van der Waals surface area contributed by atoms with Gasteiger partial charge in [0.25, 0.3) is 5.91 Å². The Bertz CT molecular complexity index is 486. The molecule has 5 heteroatoms. The molecule has 4 nitrogen and oxygen atoms in total. The van der Waals surface area contributed by atoms with Gasteiger partial charge >= 0.3 is 0 Å². The molecule has 1 aliphatic heterocycles. The summed E-state index contributed by atoms with van der Waals surface area (Å²) in [4.78, 5) is 14.8. The number of morpholine rings is 1. The SMILES string of the molecule is CC1CN(C(=O)c2csc(C#CCO)c2)CCO1. The van der Waals surface area contributed by atoms with E-state index in [2.05, 4.69) is 11.8 Å². The third kappa shape index (κ3) is 3.10. The molecule has 1 aromatic heterocycles. The first-order valence-corrected chi connectivity index (χ1v) is 6.68. The second kappa shape index (κ2) is 6.01. The average Bonchev–Trinajstić information content (AvgIpc) is 2.84. The summed E-state index contributed by atoms with van der Waals surface area (Å²) < 4.78 is 5.41. The van der Waals surface area contributed by atoms with Crippen LogP contribution in [0.4, 0.5) is 0 Å². The number of thiophene rings is 1. The summed E-state index contributed by atoms with van der Waals surface area (Å²) in [5.74, 6) is 5.41. The molecule has 0 bridgehead atoms. The van der Waals surface area contributed by atoms with Crippen molar-refractivity contribution in [1.82, 2.24) is 4.90 Å². The molecule has 96 valence electrons. The minimum atomic E-state index is -0.165. The van der Waals surface area contributed by atoms with E-state index in [9.17, 15) is 4.79 Å². The van der Waals surface area contributed by atoms with Crippen LogP contribution in [0, 0.1) is 11.8 Å². The maximum Gasteiger partial charge on any atom is 0.254 e. The van der Waals surface area contributed by atoms with Gasteiger partial charge in [0.1, 0.15) is 6.61 Å². The molecule has 1 aliphatic rings. The number of hydrogen-bond donors (Lipinski definition) is 1. The molecule has 1 saturated heterocycles. The second-order valence-corrected chi connectivity index (χ2v) is 5.00. The highest BCUT2D eigenvalue weighted by atomic mass is 32.1. The van der Waals surface area contributed by atoms with E-state index in [-0.39, 0.29) is 18.6 Å². The lowest BCUT2D eigenvalue weighted by Crippen LogP contribution is -2.44. The summed E-state index contributed by atoms with van der Waals surface area (Å²) >= 11 is 1.42. The Hall–Kier alpha value is -1.35. The Balaban J connectivity index is 2.06. The van der Waals surface area contributed by atoms with Gasteiger partial charge in [0.2, 0.25) is 0 Å². The quantitative estimate of drug-likeness (QED) is 0.769. The number of carbonyl (C=O) groups excluding carboxylic acids is 1. The van der Waals surface area contributed by atoms with Crippen molar-refractivity contribution >= 4 is 17.2 Å². The van der Waals surface area contributed by atoms with Gasteiger partial charge in [0.15, 0.2) is 0 Å². The van der Waals surface area contributed by atoms with E-state index in [1.165, 1.54) is 11.3 Å². The van der Waals surface area contributed by atoms with Crippen molar-refractivity contribution in [3.63, 3.8) is 0 Å². The van der Waals surface area contributed by atoms with Crippen molar-refractivity contribution in [2.45, 2.75) is 13.0 Å². The minimum absolute atomic E-state index is 0.0263. The number of aliphatic hydroxyl groups excluding tert-OH is 1. The van der Waals surface area contributed by atoms with Gasteiger partial charge in [0.05, 0.1) is 23.2 Å². The number of rotatable bonds is 1. The molecule has 0 saturated carbocycles. The summed E-state index contributed by atoms with van der Waals surface area (Å²) in [6.45, 7) is 3.66. The van der Waals surface area contributed by atoms with Gasteiger partial charge in [-0.15, -0.1) is 11.3 Å². The Morgan fingerprint density at radius 1 is 1.72 bits per heavy atom. The number of nitrogens with zero attached hydrogens (tertiary/aromatic N) is 1. The fourth-order valence-corrected chi connectivity index (χ4v) is 2.57. The standard InChI is InChI=1S/C13H15NO3S/c1-10-8-14(4-6-17-10)13(16)11-7-12(18-9-11)3-2-5-15/h7,9-10,15H,4-6,8H2,1H3. The largest absolute Gasteiger partial charge is 0.384 e. The van der Waals surface area contributed by atoms with Crippen molar-refractivity contribution in [3.05, 3.63) is 21.9 Å². The fraction of sp³-hybridized carbons (Fsp3) is 0.462. The maximum atomic E-state index is 12.2. The number of aliphatic hydroxyl groups is 1. The van der Waals surface area contributed by atoms with Gasteiger partial charge in [-0.3, -0.25) is 4.79 Å². The molecule has 2 rings (SSSR count). The van der Waals surface area contributed by atoms with Crippen molar-refractivity contribution in [2.75, 3.05) is 26.3 Å². The van der Waals surface area contributed by atoms with Crippen LogP contribution in [0.15, 0.2) is 11.4 Å². The lowest BCUT2D eigenvalue weighted by molar-refractivity contribution is -0.0124. The number of carbonyl (C=O) groups is 1. The lowest BCUT2D eigenvalue weighted by Gasteiger charge is -2.30. The van der Waals surface area contributed by atoms with E-state index in [1.54, 1.807) is 11.0 Å². The lowest BCUT2D eigenvalue weighted by atomic mass is 10.2. The Kier molecular flexibility index (Phi) is 4.37. The predicted molar refractivity (Wildman–Crippen MR) is 69.6 cm³/mol. The first-order valence-electron chi connectivity index (χ1n) is 5.80. The van der Waals surface area contributed by atoms with Gasteiger partial charge in [-0.1, -0.05) is 11.8 Å². The van der Waals surface area contributed by atoms with Crippen LogP contribution in [0.5, 0.6) is 0 Å². The third-order valence-electron chi connectivity index (χ3n) is 2.67. The smallest absolute Gasteiger partial charge is 0.254 e. The molecule has 0 radical (unpaired) electrons. The van der Waals surface area contributed by atoms with E-state index < -0.39 is 0 Å². The van der Waals surface area contributed by atoms with Crippen LogP contribution in [0.25, 0.3) is 0 Å². The maximum absolute atomic E-state index is 12.2. The molecule has 2 heterocycles. The Labute approximate surface area is 110 Å². The second-order valence-electron chi connectivity index (χ2n) is 4.09. The zero-order valence-electron chi connectivity index (χ0n) is 10.2. The number of hydrogen-bond acceptors (Lipinski definition) is 4. The molecular formula is C13H15NO3S. The summed E-state index contributed by atoms with van der Waals surface area (Å²) in [6, 6.07) is 1.77. The average molecular weight is 265 g/mol. The van der Waals surface area contributed by atoms with Crippen molar-refractivity contribution in [2.24, 2.45) is 0 Å². The number of ether oxygens (including phenoxy) is 1. The van der Waals surface area contributed by atoms with Crippen LogP contribution in [0.3, 0.4) is 0 Å². The van der Waals surface area contributed by atoms with Crippen molar-refractivity contribution in [3.8, 4) is 11.8 Å². The van der Waals surface area contributed by atoms with E-state index in [0.717, 1.165) is 4.88 Å². The van der Waals surface area contributed by atoms with E-state index >= 15 is 0 Å². The van der Waals surface area contributed by atoms with Crippen LogP contribution in [-0.2, 0) is 4.74 Å². The number of amides is 1. The minimum Gasteiger partial charge on any atom is -0.384 e. The highest BCUT2D eigenvalue weighted by molar-refractivity contribution is 7.10. The third-order valence-corrected chi connectivity index (χ3v) is 3.51. The van der Waals surface area contributed by atoms with E-state index in [4.69, 9.17) is 9.84 Å². The molecule has 1 N–H and O–H groups in total. The first kappa shape index (κ1) is 13.1. The zero-order valence-corrected chi connectivity index (χ0v) is 11.0. The normalized spacial score (nSPS) is 19.2. The molecule has 1 aromatic rings. The van der Waals surface area contributed by atoms with Crippen LogP contribution >= 0.6 is 11.3 Å². The molecule has 1 unspecified atom stereocenters. The molecule has 0 spiro atoms. The zero-order chi connectivity index (χ0) is 13.0. The van der Waals surface area contributed by atoms with Crippen LogP contribution in [0.2, 0.25) is 0 Å². The molecule has 1 fully saturated rings. The Morgan fingerprint density at radius 3 is 3.28 bits per heavy atom. The van der Waals surface area contributed by atoms with Crippen LogP contribution < -0.4 is 0 Å². The van der Waals surface area contributed by atoms with Crippen LogP contribution in [-0.4, -0.2) is 48.3 Å². The predicted octanol–water partition coefficient (Wildman–Crippen LogP) is 0.953. The summed E-state index contributed by atoms with van der Waals surface area (Å²) in [6.07, 6.45) is 0.0926. The summed E-state index contributed by atoms with van der Waals surface area (Å²) in [5, 5.41) is 10.4. The van der Waals surface area contributed by atoms with Crippen molar-refractivity contribution < 1.29 is 14.6 Å². The highest BCUT2D eigenvalue weighted by Crippen LogP contribution is 2.17. The van der Waals surface area contributed by atoms with Crippen LogP contribution in [0.1, 0.15) is 22.2 Å². The summed E-state index contributed by atoms with van der Waals surface area (Å²) in [7, 11) is 0. The van der Waals surface area contributed by atoms with Gasteiger partial charge < -0.3 is 14.7 Å². The monoisotopic (exact) mass is 265 g/mol. The molecule has 0 aliphatic carbocycles. The van der Waals surface area contributed by atoms with Gasteiger partial charge in [0, 0.05) is 18.5 Å². The van der Waals surface area contributed by atoms with Gasteiger partial charge in [-0.25, -0.2) is 0 Å². The molecule has 1 amide bonds. The molecule has 18 heavy (non-hydrogen) atoms. The highest BCUT2D eigenvalue weighted by Gasteiger charge is 2.22. The van der Waals surface area contributed by atoms with E-state index in [1.807, 2.05) is 12.3 Å². The summed E-state index contributed by atoms with van der Waals surface area (Å²) in [5.41, 5.74) is 0.663. The molecule has 1 atom stereocenters.